The molecule has 0 spiro atoms. The second kappa shape index (κ2) is 4.90. The van der Waals surface area contributed by atoms with Gasteiger partial charge >= 0.3 is 0 Å². The first-order valence-corrected chi connectivity index (χ1v) is 8.28. The van der Waals surface area contributed by atoms with Gasteiger partial charge in [-0.05, 0) is 41.3 Å². The Bertz CT molecular complexity index is 774. The van der Waals surface area contributed by atoms with Crippen LogP contribution in [0.3, 0.4) is 0 Å². The minimum absolute atomic E-state index is 0.149. The summed E-state index contributed by atoms with van der Waals surface area (Å²) in [4.78, 5) is 16.3. The second-order valence-electron chi connectivity index (χ2n) is 5.03. The van der Waals surface area contributed by atoms with E-state index < -0.39 is 10.9 Å². The van der Waals surface area contributed by atoms with Crippen molar-refractivity contribution in [3.05, 3.63) is 90.0 Å². The molecule has 3 aromatic rings. The fourth-order valence-electron chi connectivity index (χ4n) is 2.85. The van der Waals surface area contributed by atoms with Gasteiger partial charge in [-0.1, -0.05) is 42.5 Å². The lowest BCUT2D eigenvalue weighted by molar-refractivity contribution is 0.103. The number of ketones is 1. The molecule has 1 heterocycles. The molecule has 0 fully saturated rings. The highest BCUT2D eigenvalue weighted by Crippen LogP contribution is 2.56. The zero-order chi connectivity index (χ0) is 14.2. The van der Waals surface area contributed by atoms with Crippen molar-refractivity contribution in [3.8, 4) is 0 Å². The Morgan fingerprint density at radius 2 is 1.05 bits per heavy atom. The number of carbonyl (C=O) groups excluding carboxylic acids is 1. The molecule has 0 amide bonds. The molecule has 0 aromatic heterocycles. The molecule has 0 unspecified atom stereocenters. The lowest BCUT2D eigenvalue weighted by Gasteiger charge is -2.31. The van der Waals surface area contributed by atoms with Gasteiger partial charge in [-0.2, -0.15) is 10.9 Å². The molecular formula is C19H14OS. The van der Waals surface area contributed by atoms with Crippen LogP contribution in [-0.4, -0.2) is 5.78 Å². The van der Waals surface area contributed by atoms with Crippen LogP contribution in [-0.2, 0) is 0 Å². The van der Waals surface area contributed by atoms with Crippen molar-refractivity contribution in [1.82, 2.24) is 0 Å². The summed E-state index contributed by atoms with van der Waals surface area (Å²) < 4.78 is 0. The molecule has 0 N–H and O–H groups in total. The third-order valence-electron chi connectivity index (χ3n) is 3.79. The van der Waals surface area contributed by atoms with Gasteiger partial charge in [-0.25, -0.2) is 0 Å². The summed E-state index contributed by atoms with van der Waals surface area (Å²) in [5.41, 5.74) is 1.71. The van der Waals surface area contributed by atoms with Gasteiger partial charge in [0.2, 0.25) is 0 Å². The summed E-state index contributed by atoms with van der Waals surface area (Å²) in [6.45, 7) is 0. The highest BCUT2D eigenvalue weighted by Gasteiger charge is 2.28. The van der Waals surface area contributed by atoms with Gasteiger partial charge in [-0.15, -0.1) is 0 Å². The highest BCUT2D eigenvalue weighted by molar-refractivity contribution is 8.17. The van der Waals surface area contributed by atoms with E-state index in [2.05, 4.69) is 36.4 Å². The largest absolute Gasteiger partial charge is 0.289 e. The summed E-state index contributed by atoms with van der Waals surface area (Å²) in [5.74, 6) is 0.149. The van der Waals surface area contributed by atoms with Crippen LogP contribution in [0.1, 0.15) is 15.9 Å². The maximum Gasteiger partial charge on any atom is 0.195 e. The van der Waals surface area contributed by atoms with E-state index in [9.17, 15) is 4.79 Å². The van der Waals surface area contributed by atoms with E-state index in [1.165, 1.54) is 14.7 Å². The van der Waals surface area contributed by atoms with Gasteiger partial charge in [-0.3, -0.25) is 4.79 Å². The van der Waals surface area contributed by atoms with Gasteiger partial charge in [0, 0.05) is 20.9 Å². The number of hydrogen-bond acceptors (Lipinski definition) is 1. The minimum atomic E-state index is -0.646. The van der Waals surface area contributed by atoms with Crippen molar-refractivity contribution < 1.29 is 4.79 Å². The average Bonchev–Trinajstić information content (AvgIpc) is 2.56. The molecule has 1 aliphatic rings. The third kappa shape index (κ3) is 1.91. The molecule has 0 saturated carbocycles. The molecule has 1 nitrogen and oxygen atoms in total. The fourth-order valence-corrected chi connectivity index (χ4v) is 5.44. The lowest BCUT2D eigenvalue weighted by Crippen LogP contribution is -2.12. The summed E-state index contributed by atoms with van der Waals surface area (Å²) in [5, 5.41) is 0. The quantitative estimate of drug-likeness (QED) is 0.502. The Balaban J connectivity index is 2.03. The summed E-state index contributed by atoms with van der Waals surface area (Å²) >= 11 is 0. The predicted octanol–water partition coefficient (Wildman–Crippen LogP) is 4.71. The molecule has 0 aliphatic carbocycles. The van der Waals surface area contributed by atoms with Crippen molar-refractivity contribution in [1.29, 1.82) is 0 Å². The molecule has 2 heteroatoms. The van der Waals surface area contributed by atoms with Crippen LogP contribution in [0, 0.1) is 0 Å². The van der Waals surface area contributed by atoms with Crippen molar-refractivity contribution in [2.45, 2.75) is 14.7 Å². The molecule has 21 heavy (non-hydrogen) atoms. The number of rotatable bonds is 1. The molecule has 0 atom stereocenters. The van der Waals surface area contributed by atoms with Gasteiger partial charge in [0.15, 0.2) is 5.78 Å². The third-order valence-corrected chi connectivity index (χ3v) is 6.35. The Hall–Kier alpha value is -2.32. The number of fused-ring (bicyclic) bond motifs is 2. The number of benzene rings is 3. The summed E-state index contributed by atoms with van der Waals surface area (Å²) in [6, 6.07) is 26.5. The number of carbonyl (C=O) groups is 1. The van der Waals surface area contributed by atoms with E-state index in [1.54, 1.807) is 0 Å². The van der Waals surface area contributed by atoms with Crippen molar-refractivity contribution in [3.63, 3.8) is 0 Å². The predicted molar refractivity (Wildman–Crippen MR) is 86.5 cm³/mol. The minimum Gasteiger partial charge on any atom is -0.289 e. The second-order valence-corrected chi connectivity index (χ2v) is 7.19. The molecule has 0 saturated heterocycles. The molecule has 1 aliphatic heterocycles. The van der Waals surface area contributed by atoms with Crippen LogP contribution in [0.25, 0.3) is 0 Å². The average molecular weight is 290 g/mol. The van der Waals surface area contributed by atoms with Crippen molar-refractivity contribution in [2.24, 2.45) is 0 Å². The lowest BCUT2D eigenvalue weighted by atomic mass is 10.0. The first-order valence-electron chi connectivity index (χ1n) is 6.94. The van der Waals surface area contributed by atoms with Crippen molar-refractivity contribution in [2.75, 3.05) is 0 Å². The van der Waals surface area contributed by atoms with Crippen LogP contribution in [0.5, 0.6) is 0 Å². The zero-order valence-corrected chi connectivity index (χ0v) is 12.3. The molecule has 4 rings (SSSR count). The van der Waals surface area contributed by atoms with E-state index in [0.29, 0.717) is 0 Å². The molecular weight excluding hydrogens is 276 g/mol. The monoisotopic (exact) mass is 290 g/mol. The summed E-state index contributed by atoms with van der Waals surface area (Å²) in [6.07, 6.45) is 0. The van der Waals surface area contributed by atoms with E-state index >= 15 is 0 Å². The van der Waals surface area contributed by atoms with Gasteiger partial charge in [0.25, 0.3) is 0 Å². The Morgan fingerprint density at radius 1 is 0.571 bits per heavy atom. The van der Waals surface area contributed by atoms with E-state index in [0.717, 1.165) is 11.1 Å². The van der Waals surface area contributed by atoms with E-state index in [4.69, 9.17) is 0 Å². The maximum atomic E-state index is 12.7. The fraction of sp³-hybridized carbons (Fsp3) is 0. The topological polar surface area (TPSA) is 17.1 Å². The van der Waals surface area contributed by atoms with Crippen LogP contribution < -0.4 is 0 Å². The van der Waals surface area contributed by atoms with Crippen LogP contribution in [0.4, 0.5) is 0 Å². The first kappa shape index (κ1) is 12.4. The smallest absolute Gasteiger partial charge is 0.195 e. The zero-order valence-electron chi connectivity index (χ0n) is 11.4. The Labute approximate surface area is 126 Å². The molecule has 0 radical (unpaired) electrons. The highest BCUT2D eigenvalue weighted by atomic mass is 32.2. The van der Waals surface area contributed by atoms with Gasteiger partial charge in [0.1, 0.15) is 0 Å². The van der Waals surface area contributed by atoms with Gasteiger partial charge < -0.3 is 0 Å². The summed E-state index contributed by atoms with van der Waals surface area (Å²) in [7, 11) is -0.646. The molecule has 102 valence electrons. The van der Waals surface area contributed by atoms with Crippen molar-refractivity contribution >= 4 is 16.7 Å². The number of thiol groups is 1. The van der Waals surface area contributed by atoms with Crippen LogP contribution in [0.2, 0.25) is 0 Å². The normalized spacial score (nSPS) is 14.5. The van der Waals surface area contributed by atoms with Crippen LogP contribution >= 0.6 is 10.9 Å². The maximum absolute atomic E-state index is 12.7. The van der Waals surface area contributed by atoms with Gasteiger partial charge in [0.05, 0.1) is 0 Å². The number of hydrogen-bond donors (Lipinski definition) is 1. The molecule has 3 aromatic carbocycles. The van der Waals surface area contributed by atoms with Crippen LogP contribution in [0.15, 0.2) is 93.5 Å². The molecule has 0 bridgehead atoms. The SMILES string of the molecule is O=C1c2ccccc2[SH](c2ccccc2)c2ccccc21. The standard InChI is InChI=1S/C19H14OS/c20-19-15-10-4-6-12-17(15)21(14-8-2-1-3-9-14)18-13-7-5-11-16(18)19/h1-13,21H. The van der Waals surface area contributed by atoms with E-state index in [1.807, 2.05) is 42.5 Å². The Morgan fingerprint density at radius 3 is 1.62 bits per heavy atom. The first-order chi connectivity index (χ1) is 10.4. The van der Waals surface area contributed by atoms with E-state index in [-0.39, 0.29) is 5.78 Å². The Kier molecular flexibility index (Phi) is 2.90.